The molecule has 3 amide bonds. The average Bonchev–Trinajstić information content (AvgIpc) is 3.29. The molecule has 7 nitrogen and oxygen atoms in total. The Labute approximate surface area is 178 Å². The van der Waals surface area contributed by atoms with Gasteiger partial charge in [-0.15, -0.1) is 11.3 Å². The van der Waals surface area contributed by atoms with E-state index in [1.165, 1.54) is 11.3 Å². The van der Waals surface area contributed by atoms with Crippen molar-refractivity contribution in [3.8, 4) is 5.75 Å². The maximum absolute atomic E-state index is 12.4. The Balaban J connectivity index is 1.51. The number of carbonyl (C=O) groups is 3. The zero-order valence-electron chi connectivity index (χ0n) is 16.3. The summed E-state index contributed by atoms with van der Waals surface area (Å²) in [5.74, 6) is -0.286. The van der Waals surface area contributed by atoms with Gasteiger partial charge in [-0.2, -0.15) is 0 Å². The Morgan fingerprint density at radius 3 is 2.40 bits per heavy atom. The number of amides is 3. The molecule has 0 aliphatic heterocycles. The third-order valence-electron chi connectivity index (χ3n) is 3.99. The third-order valence-corrected chi connectivity index (χ3v) is 4.85. The zero-order valence-corrected chi connectivity index (χ0v) is 17.1. The second-order valence-corrected chi connectivity index (χ2v) is 7.15. The van der Waals surface area contributed by atoms with Gasteiger partial charge in [0.05, 0.1) is 18.0 Å². The lowest BCUT2D eigenvalue weighted by atomic mass is 10.2. The van der Waals surface area contributed by atoms with Crippen molar-refractivity contribution in [3.05, 3.63) is 76.5 Å². The number of rotatable bonds is 8. The van der Waals surface area contributed by atoms with Gasteiger partial charge in [-0.05, 0) is 60.8 Å². The summed E-state index contributed by atoms with van der Waals surface area (Å²) in [5, 5.41) is 9.85. The molecule has 0 saturated heterocycles. The van der Waals surface area contributed by atoms with E-state index in [4.69, 9.17) is 4.74 Å². The van der Waals surface area contributed by atoms with Crippen molar-refractivity contribution in [1.82, 2.24) is 5.32 Å². The van der Waals surface area contributed by atoms with Gasteiger partial charge >= 0.3 is 0 Å². The van der Waals surface area contributed by atoms with E-state index in [1.54, 1.807) is 60.7 Å². The fraction of sp³-hybridized carbons (Fsp3) is 0.136. The monoisotopic (exact) mass is 423 g/mol. The van der Waals surface area contributed by atoms with Crippen molar-refractivity contribution < 1.29 is 19.1 Å². The molecule has 0 aliphatic rings. The van der Waals surface area contributed by atoms with Crippen molar-refractivity contribution in [2.75, 3.05) is 23.8 Å². The van der Waals surface area contributed by atoms with Crippen molar-refractivity contribution in [2.45, 2.75) is 6.92 Å². The van der Waals surface area contributed by atoms with E-state index in [-0.39, 0.29) is 18.4 Å². The number of benzene rings is 2. The van der Waals surface area contributed by atoms with Gasteiger partial charge in [0.25, 0.3) is 11.8 Å². The molecular weight excluding hydrogens is 402 g/mol. The maximum Gasteiger partial charge on any atom is 0.265 e. The lowest BCUT2D eigenvalue weighted by Crippen LogP contribution is -2.32. The number of ether oxygens (including phenoxy) is 1. The summed E-state index contributed by atoms with van der Waals surface area (Å²) in [4.78, 5) is 37.2. The molecule has 0 radical (unpaired) electrons. The van der Waals surface area contributed by atoms with Crippen LogP contribution >= 0.6 is 11.3 Å². The molecule has 0 unspecified atom stereocenters. The second-order valence-electron chi connectivity index (χ2n) is 6.20. The van der Waals surface area contributed by atoms with Crippen LogP contribution in [0.4, 0.5) is 11.4 Å². The van der Waals surface area contributed by atoms with E-state index in [1.807, 2.05) is 12.3 Å². The molecule has 0 spiro atoms. The normalized spacial score (nSPS) is 10.2. The highest BCUT2D eigenvalue weighted by atomic mass is 32.1. The summed E-state index contributed by atoms with van der Waals surface area (Å²) in [6.45, 7) is 2.28. The summed E-state index contributed by atoms with van der Waals surface area (Å²) in [5.41, 5.74) is 1.45. The van der Waals surface area contributed by atoms with Crippen LogP contribution in [0.5, 0.6) is 5.75 Å². The Kier molecular flexibility index (Phi) is 7.18. The largest absolute Gasteiger partial charge is 0.494 e. The molecule has 30 heavy (non-hydrogen) atoms. The van der Waals surface area contributed by atoms with Crippen molar-refractivity contribution in [2.24, 2.45) is 0 Å². The highest BCUT2D eigenvalue weighted by Gasteiger charge is 2.11. The predicted molar refractivity (Wildman–Crippen MR) is 117 cm³/mol. The maximum atomic E-state index is 12.4. The molecule has 0 aliphatic carbocycles. The van der Waals surface area contributed by atoms with Gasteiger partial charge in [0.15, 0.2) is 0 Å². The topological polar surface area (TPSA) is 96.5 Å². The van der Waals surface area contributed by atoms with Gasteiger partial charge in [-0.3, -0.25) is 14.4 Å². The number of carbonyl (C=O) groups excluding carboxylic acids is 3. The van der Waals surface area contributed by atoms with Crippen molar-refractivity contribution in [1.29, 1.82) is 0 Å². The van der Waals surface area contributed by atoms with Gasteiger partial charge in [0, 0.05) is 16.9 Å². The minimum atomic E-state index is -0.413. The first kappa shape index (κ1) is 21.1. The van der Waals surface area contributed by atoms with Gasteiger partial charge in [-0.1, -0.05) is 12.1 Å². The minimum Gasteiger partial charge on any atom is -0.494 e. The smallest absolute Gasteiger partial charge is 0.265 e. The lowest BCUT2D eigenvalue weighted by molar-refractivity contribution is -0.115. The number of nitrogens with one attached hydrogen (secondary N) is 3. The average molecular weight is 423 g/mol. The van der Waals surface area contributed by atoms with Crippen LogP contribution in [0, 0.1) is 0 Å². The van der Waals surface area contributed by atoms with E-state index in [0.29, 0.717) is 28.4 Å². The summed E-state index contributed by atoms with van der Waals surface area (Å²) < 4.78 is 5.35. The molecule has 154 valence electrons. The molecule has 3 rings (SSSR count). The third kappa shape index (κ3) is 5.92. The van der Waals surface area contributed by atoms with Crippen LogP contribution in [0.25, 0.3) is 0 Å². The first-order chi connectivity index (χ1) is 14.5. The van der Waals surface area contributed by atoms with Crippen molar-refractivity contribution in [3.63, 3.8) is 0 Å². The van der Waals surface area contributed by atoms with Crippen LogP contribution in [0.2, 0.25) is 0 Å². The van der Waals surface area contributed by atoms with E-state index in [0.717, 1.165) is 5.75 Å². The minimum absolute atomic E-state index is 0.183. The van der Waals surface area contributed by atoms with Gasteiger partial charge in [0.1, 0.15) is 5.75 Å². The number of anilines is 2. The first-order valence-electron chi connectivity index (χ1n) is 9.31. The molecule has 0 bridgehead atoms. The van der Waals surface area contributed by atoms with Gasteiger partial charge < -0.3 is 20.7 Å². The van der Waals surface area contributed by atoms with E-state index in [2.05, 4.69) is 16.0 Å². The van der Waals surface area contributed by atoms with Crippen LogP contribution in [0.1, 0.15) is 27.0 Å². The molecule has 8 heteroatoms. The molecule has 0 atom stereocenters. The van der Waals surface area contributed by atoms with Crippen LogP contribution in [0.15, 0.2) is 66.0 Å². The summed E-state index contributed by atoms with van der Waals surface area (Å²) in [6, 6.07) is 17.0. The van der Waals surface area contributed by atoms with Crippen LogP contribution in [-0.4, -0.2) is 30.9 Å². The summed E-state index contributed by atoms with van der Waals surface area (Å²) in [7, 11) is 0. The highest BCUT2D eigenvalue weighted by Crippen LogP contribution is 2.16. The molecule has 0 fully saturated rings. The Hall–Kier alpha value is -3.65. The van der Waals surface area contributed by atoms with Crippen LogP contribution in [0.3, 0.4) is 0 Å². The standard InChI is InChI=1S/C22H21N3O4S/c1-2-29-18-10-8-16(9-11-18)24-20(26)14-23-21(27)15-5-3-6-17(13-15)25-22(28)19-7-4-12-30-19/h3-13H,2,14H2,1H3,(H,23,27)(H,24,26)(H,25,28). The summed E-state index contributed by atoms with van der Waals surface area (Å²) in [6.07, 6.45) is 0. The fourth-order valence-electron chi connectivity index (χ4n) is 2.61. The number of hydrogen-bond acceptors (Lipinski definition) is 5. The quantitative estimate of drug-likeness (QED) is 0.514. The Bertz CT molecular complexity index is 1020. The van der Waals surface area contributed by atoms with E-state index < -0.39 is 5.91 Å². The summed E-state index contributed by atoms with van der Waals surface area (Å²) >= 11 is 1.33. The van der Waals surface area contributed by atoms with E-state index >= 15 is 0 Å². The zero-order chi connectivity index (χ0) is 21.3. The molecule has 1 heterocycles. The SMILES string of the molecule is CCOc1ccc(NC(=O)CNC(=O)c2cccc(NC(=O)c3cccs3)c2)cc1. The second kappa shape index (κ2) is 10.2. The number of thiophene rings is 1. The fourth-order valence-corrected chi connectivity index (χ4v) is 3.23. The number of hydrogen-bond donors (Lipinski definition) is 3. The van der Waals surface area contributed by atoms with Gasteiger partial charge in [-0.25, -0.2) is 0 Å². The Morgan fingerprint density at radius 1 is 0.900 bits per heavy atom. The molecule has 3 aromatic rings. The van der Waals surface area contributed by atoms with Crippen LogP contribution < -0.4 is 20.7 Å². The lowest BCUT2D eigenvalue weighted by Gasteiger charge is -2.09. The first-order valence-corrected chi connectivity index (χ1v) is 10.2. The Morgan fingerprint density at radius 2 is 1.70 bits per heavy atom. The van der Waals surface area contributed by atoms with E-state index in [9.17, 15) is 14.4 Å². The molecule has 2 aromatic carbocycles. The van der Waals surface area contributed by atoms with Crippen molar-refractivity contribution >= 4 is 40.4 Å². The predicted octanol–water partition coefficient (Wildman–Crippen LogP) is 3.77. The highest BCUT2D eigenvalue weighted by molar-refractivity contribution is 7.12. The molecule has 0 saturated carbocycles. The molecular formula is C22H21N3O4S. The molecule has 3 N–H and O–H groups in total. The van der Waals surface area contributed by atoms with Crippen LogP contribution in [-0.2, 0) is 4.79 Å². The molecule has 1 aromatic heterocycles. The van der Waals surface area contributed by atoms with Gasteiger partial charge in [0.2, 0.25) is 5.91 Å².